The van der Waals surface area contributed by atoms with Crippen LogP contribution in [0.5, 0.6) is 0 Å². The lowest BCUT2D eigenvalue weighted by molar-refractivity contribution is -0.109. The highest BCUT2D eigenvalue weighted by molar-refractivity contribution is 8.14. The highest BCUT2D eigenvalue weighted by atomic mass is 32.2. The van der Waals surface area contributed by atoms with Crippen LogP contribution in [0.25, 0.3) is 0 Å². The van der Waals surface area contributed by atoms with E-state index in [0.29, 0.717) is 5.17 Å². The monoisotopic (exact) mass is 301 g/mol. The van der Waals surface area contributed by atoms with Gasteiger partial charge in [-0.2, -0.15) is 0 Å². The smallest absolute Gasteiger partial charge is 0.170 e. The molecule has 0 bridgehead atoms. The minimum atomic E-state index is -0.548. The van der Waals surface area contributed by atoms with E-state index in [2.05, 4.69) is 9.98 Å². The maximum absolute atomic E-state index is 13.0. The molecule has 6 heteroatoms. The average molecular weight is 301 g/mol. The second-order valence-corrected chi connectivity index (χ2v) is 5.48. The van der Waals surface area contributed by atoms with Crippen molar-refractivity contribution >= 4 is 28.9 Å². The maximum Gasteiger partial charge on any atom is 0.170 e. The van der Waals surface area contributed by atoms with Crippen LogP contribution in [0.2, 0.25) is 0 Å². The first kappa shape index (κ1) is 13.8. The predicted octanol–water partition coefficient (Wildman–Crippen LogP) is 3.06. The van der Waals surface area contributed by atoms with E-state index in [-0.39, 0.29) is 5.82 Å². The predicted molar refractivity (Wildman–Crippen MR) is 81.1 cm³/mol. The number of anilines is 1. The molecule has 1 aromatic heterocycles. The summed E-state index contributed by atoms with van der Waals surface area (Å²) < 4.78 is 13.0. The molecule has 1 unspecified atom stereocenters. The molecule has 0 radical (unpaired) electrons. The number of thioether (sulfide) groups is 1. The van der Waals surface area contributed by atoms with Gasteiger partial charge < -0.3 is 9.69 Å². The number of hydrogen-bond acceptors (Lipinski definition) is 5. The third-order valence-corrected chi connectivity index (χ3v) is 4.28. The van der Waals surface area contributed by atoms with Gasteiger partial charge in [0.1, 0.15) is 23.2 Å². The molecule has 0 N–H and O–H groups in total. The highest BCUT2D eigenvalue weighted by Gasteiger charge is 2.25. The van der Waals surface area contributed by atoms with Crippen LogP contribution < -0.4 is 4.90 Å². The minimum Gasteiger partial charge on any atom is -0.324 e. The molecule has 0 aliphatic carbocycles. The van der Waals surface area contributed by atoms with E-state index in [4.69, 9.17) is 0 Å². The zero-order chi connectivity index (χ0) is 14.8. The standard InChI is InChI=1S/C15H12FN3OS/c1-19(11-6-4-10(16)5-7-11)15-18-13(9-20)12-3-2-8-17-14(12)21-15/h2-9,13H,1H3. The van der Waals surface area contributed by atoms with E-state index in [9.17, 15) is 9.18 Å². The molecule has 2 aromatic rings. The molecule has 0 saturated carbocycles. The van der Waals surface area contributed by atoms with Crippen molar-refractivity contribution in [3.05, 3.63) is 54.0 Å². The Bertz CT molecular complexity index is 702. The zero-order valence-electron chi connectivity index (χ0n) is 11.2. The van der Waals surface area contributed by atoms with Gasteiger partial charge in [-0.05, 0) is 42.1 Å². The summed E-state index contributed by atoms with van der Waals surface area (Å²) in [5, 5.41) is 1.43. The topological polar surface area (TPSA) is 45.6 Å². The number of fused-ring (bicyclic) bond motifs is 1. The number of pyridine rings is 1. The number of aromatic nitrogens is 1. The van der Waals surface area contributed by atoms with Crippen LogP contribution in [0, 0.1) is 5.82 Å². The van der Waals surface area contributed by atoms with Crippen LogP contribution in [0.15, 0.2) is 52.6 Å². The lowest BCUT2D eigenvalue weighted by Crippen LogP contribution is -2.27. The molecule has 2 heterocycles. The van der Waals surface area contributed by atoms with Gasteiger partial charge in [-0.15, -0.1) is 0 Å². The van der Waals surface area contributed by atoms with Gasteiger partial charge in [0, 0.05) is 24.5 Å². The Morgan fingerprint density at radius 3 is 2.76 bits per heavy atom. The van der Waals surface area contributed by atoms with Crippen molar-refractivity contribution < 1.29 is 9.18 Å². The normalized spacial score (nSPS) is 16.9. The highest BCUT2D eigenvalue weighted by Crippen LogP contribution is 2.35. The third kappa shape index (κ3) is 2.67. The first-order valence-electron chi connectivity index (χ1n) is 6.34. The van der Waals surface area contributed by atoms with Crippen LogP contribution in [0.4, 0.5) is 10.1 Å². The fourth-order valence-electron chi connectivity index (χ4n) is 2.05. The van der Waals surface area contributed by atoms with Crippen molar-refractivity contribution in [1.82, 2.24) is 4.98 Å². The molecule has 1 aromatic carbocycles. The Balaban J connectivity index is 1.94. The quantitative estimate of drug-likeness (QED) is 0.800. The van der Waals surface area contributed by atoms with Gasteiger partial charge in [0.05, 0.1) is 0 Å². The summed E-state index contributed by atoms with van der Waals surface area (Å²) in [7, 11) is 1.83. The van der Waals surface area contributed by atoms with Gasteiger partial charge in [0.15, 0.2) is 5.17 Å². The molecule has 3 rings (SSSR count). The van der Waals surface area contributed by atoms with Crippen LogP contribution in [0.1, 0.15) is 11.6 Å². The zero-order valence-corrected chi connectivity index (χ0v) is 12.0. The molecular formula is C15H12FN3OS. The van der Waals surface area contributed by atoms with E-state index < -0.39 is 6.04 Å². The van der Waals surface area contributed by atoms with Crippen LogP contribution >= 0.6 is 11.8 Å². The van der Waals surface area contributed by atoms with Gasteiger partial charge >= 0.3 is 0 Å². The van der Waals surface area contributed by atoms with Crippen molar-refractivity contribution in [1.29, 1.82) is 0 Å². The van der Waals surface area contributed by atoms with E-state index in [1.807, 2.05) is 18.0 Å². The van der Waals surface area contributed by atoms with Crippen molar-refractivity contribution in [2.24, 2.45) is 4.99 Å². The van der Waals surface area contributed by atoms with Crippen LogP contribution in [-0.2, 0) is 4.79 Å². The van der Waals surface area contributed by atoms with Crippen molar-refractivity contribution in [2.45, 2.75) is 11.1 Å². The number of rotatable bonds is 2. The molecule has 4 nitrogen and oxygen atoms in total. The number of aliphatic imine (C=N–C) groups is 1. The van der Waals surface area contributed by atoms with E-state index in [1.165, 1.54) is 23.9 Å². The van der Waals surface area contributed by atoms with Gasteiger partial charge in [-0.3, -0.25) is 0 Å². The summed E-state index contributed by atoms with van der Waals surface area (Å²) in [6, 6.07) is 9.22. The molecule has 1 atom stereocenters. The Morgan fingerprint density at radius 2 is 2.05 bits per heavy atom. The Kier molecular flexibility index (Phi) is 3.70. The second-order valence-electron chi connectivity index (χ2n) is 4.53. The molecular weight excluding hydrogens is 289 g/mol. The van der Waals surface area contributed by atoms with Gasteiger partial charge in [-0.25, -0.2) is 14.4 Å². The molecule has 1 aliphatic rings. The molecule has 0 spiro atoms. The molecule has 0 amide bonds. The summed E-state index contributed by atoms with van der Waals surface area (Å²) in [5.41, 5.74) is 1.61. The molecule has 106 valence electrons. The largest absolute Gasteiger partial charge is 0.324 e. The number of carbonyl (C=O) groups is 1. The first-order chi connectivity index (χ1) is 10.2. The van der Waals surface area contributed by atoms with Crippen molar-refractivity contribution in [2.75, 3.05) is 11.9 Å². The van der Waals surface area contributed by atoms with Crippen LogP contribution in [-0.4, -0.2) is 23.5 Å². The first-order valence-corrected chi connectivity index (χ1v) is 7.16. The fourth-order valence-corrected chi connectivity index (χ4v) is 3.05. The Morgan fingerprint density at radius 1 is 1.29 bits per heavy atom. The summed E-state index contributed by atoms with van der Waals surface area (Å²) in [6.45, 7) is 0. The summed E-state index contributed by atoms with van der Waals surface area (Å²) in [6.07, 6.45) is 2.49. The van der Waals surface area contributed by atoms with Crippen molar-refractivity contribution in [3.63, 3.8) is 0 Å². The summed E-state index contributed by atoms with van der Waals surface area (Å²) in [4.78, 5) is 21.8. The second kappa shape index (κ2) is 5.65. The number of halogens is 1. The Labute approximate surface area is 125 Å². The number of benzene rings is 1. The van der Waals surface area contributed by atoms with Gasteiger partial charge in [-0.1, -0.05) is 6.07 Å². The van der Waals surface area contributed by atoms with Crippen LogP contribution in [0.3, 0.4) is 0 Å². The van der Waals surface area contributed by atoms with E-state index >= 15 is 0 Å². The lowest BCUT2D eigenvalue weighted by atomic mass is 10.1. The number of hydrogen-bond donors (Lipinski definition) is 0. The third-order valence-electron chi connectivity index (χ3n) is 3.19. The van der Waals surface area contributed by atoms with Gasteiger partial charge in [0.2, 0.25) is 0 Å². The SMILES string of the molecule is CN(C1=NC(C=O)c2cccnc2S1)c1ccc(F)cc1. The van der Waals surface area contributed by atoms with E-state index in [1.54, 1.807) is 24.4 Å². The van der Waals surface area contributed by atoms with Gasteiger partial charge in [0.25, 0.3) is 0 Å². The van der Waals surface area contributed by atoms with Crippen molar-refractivity contribution in [3.8, 4) is 0 Å². The number of carbonyl (C=O) groups excluding carboxylic acids is 1. The average Bonchev–Trinajstić information content (AvgIpc) is 2.53. The summed E-state index contributed by atoms with van der Waals surface area (Å²) >= 11 is 1.40. The maximum atomic E-state index is 13.0. The molecule has 1 aliphatic heterocycles. The summed E-state index contributed by atoms with van der Waals surface area (Å²) in [5.74, 6) is -0.289. The molecule has 21 heavy (non-hydrogen) atoms. The molecule has 0 saturated heterocycles. The minimum absolute atomic E-state index is 0.289. The number of aldehydes is 1. The number of amidine groups is 1. The Hall–Kier alpha value is -2.21. The molecule has 0 fully saturated rings. The lowest BCUT2D eigenvalue weighted by Gasteiger charge is -2.26. The fraction of sp³-hybridized carbons (Fsp3) is 0.133. The number of nitrogens with zero attached hydrogens (tertiary/aromatic N) is 3. The van der Waals surface area contributed by atoms with E-state index in [0.717, 1.165) is 22.6 Å².